The first-order chi connectivity index (χ1) is 33.3. The fourth-order valence-corrected chi connectivity index (χ4v) is 10.5. The third kappa shape index (κ3) is 9.21. The van der Waals surface area contributed by atoms with Gasteiger partial charge in [-0.15, -0.1) is 0 Å². The fourth-order valence-electron chi connectivity index (χ4n) is 10.5. The molecule has 10 rings (SSSR count). The Hall–Kier alpha value is -7.30. The van der Waals surface area contributed by atoms with Gasteiger partial charge in [0, 0.05) is 11.7 Å². The topological polar surface area (TPSA) is 27.3 Å². The largest absolute Gasteiger partial charge is 0.366 e. The average molecular weight is 884 g/mol. The summed E-state index contributed by atoms with van der Waals surface area (Å²) in [5.74, 6) is 0. The van der Waals surface area contributed by atoms with E-state index in [0.717, 1.165) is 12.8 Å². The Morgan fingerprint density at radius 3 is 2.09 bits per heavy atom. The molecule has 1 aliphatic carbocycles. The van der Waals surface area contributed by atoms with Crippen LogP contribution in [0.15, 0.2) is 218 Å². The maximum atomic E-state index is 4.07. The van der Waals surface area contributed by atoms with Gasteiger partial charge in [0.1, 0.15) is 6.17 Å². The van der Waals surface area contributed by atoms with Gasteiger partial charge in [-0.2, -0.15) is 0 Å². The van der Waals surface area contributed by atoms with Gasteiger partial charge >= 0.3 is 0 Å². The number of nitrogens with zero attached hydrogens (tertiary/aromatic N) is 1. The van der Waals surface area contributed by atoms with Crippen LogP contribution in [0.1, 0.15) is 108 Å². The highest BCUT2D eigenvalue weighted by molar-refractivity contribution is 5.85. The van der Waals surface area contributed by atoms with E-state index >= 15 is 0 Å². The van der Waals surface area contributed by atoms with Crippen LogP contribution in [0.3, 0.4) is 0 Å². The number of hydrogen-bond acceptors (Lipinski definition) is 3. The van der Waals surface area contributed by atoms with Gasteiger partial charge in [-0.1, -0.05) is 188 Å². The molecule has 0 spiro atoms. The van der Waals surface area contributed by atoms with Gasteiger partial charge < -0.3 is 5.32 Å². The van der Waals surface area contributed by atoms with Crippen molar-refractivity contribution in [1.82, 2.24) is 10.2 Å². The van der Waals surface area contributed by atoms with E-state index in [1.54, 1.807) is 0 Å². The minimum atomic E-state index is -0.0227. The number of benzene rings is 8. The van der Waals surface area contributed by atoms with Crippen LogP contribution in [0.2, 0.25) is 0 Å². The Morgan fingerprint density at radius 2 is 1.32 bits per heavy atom. The van der Waals surface area contributed by atoms with Gasteiger partial charge in [0.15, 0.2) is 0 Å². The first-order valence-electron chi connectivity index (χ1n) is 24.3. The van der Waals surface area contributed by atoms with E-state index in [9.17, 15) is 0 Å². The molecule has 0 saturated carbocycles. The second-order valence-corrected chi connectivity index (χ2v) is 18.6. The smallest absolute Gasteiger partial charge is 0.106 e. The van der Waals surface area contributed by atoms with Gasteiger partial charge in [0.2, 0.25) is 0 Å². The molecular formula is C65H61N3. The van der Waals surface area contributed by atoms with Gasteiger partial charge in [0.25, 0.3) is 0 Å². The molecule has 0 saturated heterocycles. The van der Waals surface area contributed by atoms with Crippen molar-refractivity contribution in [2.24, 2.45) is 0 Å². The average Bonchev–Trinajstić information content (AvgIpc) is 3.39. The minimum absolute atomic E-state index is 0.00653. The Morgan fingerprint density at radius 1 is 0.647 bits per heavy atom. The highest BCUT2D eigenvalue weighted by Crippen LogP contribution is 2.44. The predicted octanol–water partition coefficient (Wildman–Crippen LogP) is 16.8. The number of anilines is 1. The third-order valence-corrected chi connectivity index (χ3v) is 14.2. The summed E-state index contributed by atoms with van der Waals surface area (Å²) in [6.07, 6.45) is 15.3. The van der Waals surface area contributed by atoms with E-state index in [1.165, 1.54) is 99.9 Å². The number of allylic oxidation sites excluding steroid dienone is 8. The molecule has 0 amide bonds. The van der Waals surface area contributed by atoms with Crippen molar-refractivity contribution >= 4 is 27.6 Å². The summed E-state index contributed by atoms with van der Waals surface area (Å²) in [4.78, 5) is 2.49. The van der Waals surface area contributed by atoms with Crippen molar-refractivity contribution < 1.29 is 0 Å². The van der Waals surface area contributed by atoms with Gasteiger partial charge in [-0.3, -0.25) is 10.2 Å². The molecule has 8 aromatic carbocycles. The molecule has 4 unspecified atom stereocenters. The quantitative estimate of drug-likeness (QED) is 0.120. The van der Waals surface area contributed by atoms with Crippen LogP contribution in [0.25, 0.3) is 44.2 Å². The first kappa shape index (κ1) is 44.5. The van der Waals surface area contributed by atoms with Gasteiger partial charge in [-0.25, -0.2) is 0 Å². The van der Waals surface area contributed by atoms with Crippen molar-refractivity contribution in [1.29, 1.82) is 0 Å². The number of nitrogens with one attached hydrogen (secondary N) is 2. The van der Waals surface area contributed by atoms with E-state index in [-0.39, 0.29) is 24.3 Å². The monoisotopic (exact) mass is 883 g/mol. The summed E-state index contributed by atoms with van der Waals surface area (Å²) in [6, 6.07) is 68.0. The molecule has 68 heavy (non-hydrogen) atoms. The zero-order valence-electron chi connectivity index (χ0n) is 40.0. The van der Waals surface area contributed by atoms with E-state index < -0.39 is 0 Å². The summed E-state index contributed by atoms with van der Waals surface area (Å²) in [5, 5.41) is 10.5. The van der Waals surface area contributed by atoms with Crippen LogP contribution in [0.4, 0.5) is 5.69 Å². The lowest BCUT2D eigenvalue weighted by atomic mass is 9.89. The molecule has 0 aromatic heterocycles. The van der Waals surface area contributed by atoms with Crippen LogP contribution in [-0.2, 0) is 0 Å². The second kappa shape index (κ2) is 19.9. The molecule has 1 heterocycles. The number of aryl methyl sites for hydroxylation is 1. The van der Waals surface area contributed by atoms with Gasteiger partial charge in [-0.05, 0) is 172 Å². The molecule has 0 fully saturated rings. The Labute approximate surface area is 403 Å². The second-order valence-electron chi connectivity index (χ2n) is 18.6. The normalized spacial score (nSPS) is 17.1. The minimum Gasteiger partial charge on any atom is -0.366 e. The molecule has 2 aliphatic rings. The molecule has 4 atom stereocenters. The van der Waals surface area contributed by atoms with Crippen LogP contribution in [0, 0.1) is 6.92 Å². The zero-order valence-corrected chi connectivity index (χ0v) is 40.0. The number of para-hydroxylation sites is 1. The molecule has 2 N–H and O–H groups in total. The van der Waals surface area contributed by atoms with Crippen molar-refractivity contribution in [3.05, 3.63) is 269 Å². The molecule has 3 nitrogen and oxygen atoms in total. The molecule has 0 radical (unpaired) electrons. The molecule has 1 aliphatic heterocycles. The highest BCUT2D eigenvalue weighted by Gasteiger charge is 2.33. The van der Waals surface area contributed by atoms with Crippen molar-refractivity contribution in [2.75, 3.05) is 12.4 Å². The molecule has 0 bridgehead atoms. The molecule has 336 valence electrons. The summed E-state index contributed by atoms with van der Waals surface area (Å²) >= 11 is 0. The Kier molecular flexibility index (Phi) is 13.0. The molecular weight excluding hydrogens is 823 g/mol. The first-order valence-corrected chi connectivity index (χ1v) is 24.3. The standard InChI is InChI=1S/C65H61N3/c1-6-17-46(7-2)52-21-15-23-54(40-52)50-32-34-51(35-33-50)64-61-26-13-14-27-62(61)67-65(68(64)5)59-39-37-56-42-58(38-36-57(56)43-59)63(60-25-12-11-18-44(60)3)66-45(4)47-28-30-49(31-29-47)55-24-16-22-53(41-55)48-19-9-8-10-20-48/h6-9,11-19,21-43,45,63-67H,10,20H2,1-5H3/b17-6-,46-7+. The van der Waals surface area contributed by atoms with E-state index in [0.29, 0.717) is 0 Å². The molecule has 3 heteroatoms. The van der Waals surface area contributed by atoms with Crippen molar-refractivity contribution in [3.63, 3.8) is 0 Å². The Bertz CT molecular complexity index is 3200. The highest BCUT2D eigenvalue weighted by atomic mass is 15.3. The lowest BCUT2D eigenvalue weighted by molar-refractivity contribution is 0.209. The summed E-state index contributed by atoms with van der Waals surface area (Å²) in [5.41, 5.74) is 20.2. The van der Waals surface area contributed by atoms with Crippen molar-refractivity contribution in [2.45, 2.75) is 64.8 Å². The summed E-state index contributed by atoms with van der Waals surface area (Å²) in [7, 11) is 2.25. The van der Waals surface area contributed by atoms with E-state index in [2.05, 4.69) is 269 Å². The number of hydrogen-bond donors (Lipinski definition) is 2. The summed E-state index contributed by atoms with van der Waals surface area (Å²) in [6.45, 7) is 8.68. The Balaban J connectivity index is 0.905. The van der Waals surface area contributed by atoms with E-state index in [4.69, 9.17) is 0 Å². The number of fused-ring (bicyclic) bond motifs is 2. The maximum absolute atomic E-state index is 4.07. The zero-order chi connectivity index (χ0) is 46.6. The number of rotatable bonds is 12. The maximum Gasteiger partial charge on any atom is 0.106 e. The van der Waals surface area contributed by atoms with E-state index in [1.807, 2.05) is 0 Å². The molecule has 8 aromatic rings. The van der Waals surface area contributed by atoms with Crippen LogP contribution in [0.5, 0.6) is 0 Å². The predicted molar refractivity (Wildman–Crippen MR) is 290 cm³/mol. The SMILES string of the molecule is C/C=C\C(=C/C)c1cccc(-c2ccc(C3c4ccccc4NC(c4ccc5cc(C(NC(C)c6ccc(-c7cccc(C8=CC=CCC8)c7)cc6)c6ccccc6C)ccc5c4)N3C)cc2)c1. The van der Waals surface area contributed by atoms with Gasteiger partial charge in [0.05, 0.1) is 12.1 Å². The summed E-state index contributed by atoms with van der Waals surface area (Å²) < 4.78 is 0. The lowest BCUT2D eigenvalue weighted by Crippen LogP contribution is -2.38. The van der Waals surface area contributed by atoms with Crippen LogP contribution in [-0.4, -0.2) is 11.9 Å². The lowest BCUT2D eigenvalue weighted by Gasteiger charge is -2.42. The fraction of sp³-hybridized carbons (Fsp3) is 0.169. The third-order valence-electron chi connectivity index (χ3n) is 14.2. The van der Waals surface area contributed by atoms with Crippen molar-refractivity contribution in [3.8, 4) is 22.3 Å². The van der Waals surface area contributed by atoms with Crippen LogP contribution < -0.4 is 10.6 Å². The van der Waals surface area contributed by atoms with Crippen LogP contribution >= 0.6 is 0 Å².